The van der Waals surface area contributed by atoms with E-state index in [0.29, 0.717) is 0 Å². The third kappa shape index (κ3) is 4.80. The van der Waals surface area contributed by atoms with Gasteiger partial charge in [0.15, 0.2) is 5.75 Å². The van der Waals surface area contributed by atoms with Gasteiger partial charge >= 0.3 is 19.3 Å². The van der Waals surface area contributed by atoms with E-state index in [2.05, 4.69) is 0 Å². The first kappa shape index (κ1) is 17.1. The van der Waals surface area contributed by atoms with E-state index >= 15 is 0 Å². The van der Waals surface area contributed by atoms with Crippen molar-refractivity contribution in [3.8, 4) is 5.75 Å². The van der Waals surface area contributed by atoms with Crippen LogP contribution in [0.3, 0.4) is 0 Å². The van der Waals surface area contributed by atoms with Crippen molar-refractivity contribution in [2.24, 2.45) is 5.73 Å². The number of aromatic hydroxyl groups is 1. The molecule has 0 aliphatic heterocycles. The number of hydrogen-bond donors (Lipinski definition) is 5. The van der Waals surface area contributed by atoms with Gasteiger partial charge in [0.05, 0.1) is 11.1 Å². The van der Waals surface area contributed by atoms with Crippen molar-refractivity contribution in [2.45, 2.75) is 18.6 Å². The molecule has 0 heterocycles. The number of nitro benzene ring substituents is 1. The second-order valence-corrected chi connectivity index (χ2v) is 6.00. The Hall–Kier alpha value is -2.00. The number of benzene rings is 1. The zero-order chi connectivity index (χ0) is 16.4. The molecule has 11 heteroatoms. The van der Waals surface area contributed by atoms with E-state index in [9.17, 15) is 24.6 Å². The van der Waals surface area contributed by atoms with Crippen LogP contribution in [-0.4, -0.2) is 36.9 Å². The summed E-state index contributed by atoms with van der Waals surface area (Å²) >= 11 is 0. The number of carboxylic acids is 1. The highest BCUT2D eigenvalue weighted by Gasteiger charge is 2.24. The fourth-order valence-corrected chi connectivity index (χ4v) is 2.35. The summed E-state index contributed by atoms with van der Waals surface area (Å²) < 4.78 is 11.0. The average Bonchev–Trinajstić information content (AvgIpc) is 2.30. The summed E-state index contributed by atoms with van der Waals surface area (Å²) in [6.07, 6.45) is -1.19. The van der Waals surface area contributed by atoms with Gasteiger partial charge in [0.2, 0.25) is 0 Å². The van der Waals surface area contributed by atoms with Gasteiger partial charge in [-0.25, -0.2) is 0 Å². The van der Waals surface area contributed by atoms with Crippen molar-refractivity contribution in [1.29, 1.82) is 0 Å². The molecule has 10 nitrogen and oxygen atoms in total. The normalized spacial score (nSPS) is 12.9. The largest absolute Gasteiger partial charge is 0.502 e. The van der Waals surface area contributed by atoms with Crippen LogP contribution >= 0.6 is 7.60 Å². The molecule has 6 N–H and O–H groups in total. The number of aliphatic carboxylic acids is 1. The van der Waals surface area contributed by atoms with Gasteiger partial charge in [-0.2, -0.15) is 0 Å². The maximum atomic E-state index is 11.0. The SMILES string of the molecule is N[C@@H](Cc1cc(CP(=O)(O)O)cc([N+](=O)[O-])c1O)C(=O)O. The lowest BCUT2D eigenvalue weighted by molar-refractivity contribution is -0.386. The molecule has 21 heavy (non-hydrogen) atoms. The van der Waals surface area contributed by atoms with Crippen LogP contribution in [0, 0.1) is 10.1 Å². The predicted octanol–water partition coefficient (Wildman–Crippen LogP) is -0.0675. The summed E-state index contributed by atoms with van der Waals surface area (Å²) in [4.78, 5) is 38.3. The van der Waals surface area contributed by atoms with Crippen molar-refractivity contribution < 1.29 is 34.3 Å². The Balaban J connectivity index is 3.31. The molecular formula is C10H13N2O8P. The van der Waals surface area contributed by atoms with E-state index in [4.69, 9.17) is 20.6 Å². The van der Waals surface area contributed by atoms with Gasteiger partial charge in [-0.1, -0.05) is 6.07 Å². The summed E-state index contributed by atoms with van der Waals surface area (Å²) in [5.74, 6) is -2.15. The zero-order valence-corrected chi connectivity index (χ0v) is 11.4. The second kappa shape index (κ2) is 6.19. The van der Waals surface area contributed by atoms with E-state index in [-0.39, 0.29) is 11.1 Å². The molecule has 0 fully saturated rings. The molecule has 1 aromatic rings. The van der Waals surface area contributed by atoms with E-state index in [1.807, 2.05) is 0 Å². The first-order chi connectivity index (χ1) is 9.51. The first-order valence-electron chi connectivity index (χ1n) is 5.53. The quantitative estimate of drug-likeness (QED) is 0.272. The van der Waals surface area contributed by atoms with Crippen LogP contribution in [-0.2, 0) is 21.9 Å². The molecule has 0 spiro atoms. The lowest BCUT2D eigenvalue weighted by atomic mass is 10.0. The highest BCUT2D eigenvalue weighted by Crippen LogP contribution is 2.42. The molecule has 0 bridgehead atoms. The fourth-order valence-electron chi connectivity index (χ4n) is 1.69. The number of rotatable bonds is 6. The van der Waals surface area contributed by atoms with Gasteiger partial charge in [-0.3, -0.25) is 19.5 Å². The van der Waals surface area contributed by atoms with Crippen LogP contribution in [0.5, 0.6) is 5.75 Å². The second-order valence-electron chi connectivity index (χ2n) is 4.35. The topological polar surface area (TPSA) is 184 Å². The zero-order valence-electron chi connectivity index (χ0n) is 10.5. The van der Waals surface area contributed by atoms with Crippen LogP contribution in [0.4, 0.5) is 5.69 Å². The Morgan fingerprint density at radius 2 is 2.00 bits per heavy atom. The van der Waals surface area contributed by atoms with E-state index < -0.39 is 48.5 Å². The van der Waals surface area contributed by atoms with Gasteiger partial charge < -0.3 is 25.7 Å². The number of nitrogens with zero attached hydrogens (tertiary/aromatic N) is 1. The van der Waals surface area contributed by atoms with Crippen molar-refractivity contribution in [1.82, 2.24) is 0 Å². The molecule has 0 aromatic heterocycles. The molecule has 0 aliphatic rings. The van der Waals surface area contributed by atoms with Gasteiger partial charge in [0.25, 0.3) is 0 Å². The summed E-state index contributed by atoms with van der Waals surface area (Å²) in [6, 6.07) is 0.495. The van der Waals surface area contributed by atoms with Gasteiger partial charge in [0.1, 0.15) is 6.04 Å². The van der Waals surface area contributed by atoms with E-state index in [1.165, 1.54) is 0 Å². The third-order valence-electron chi connectivity index (χ3n) is 2.57. The number of nitro groups is 1. The molecule has 0 aliphatic carbocycles. The Bertz CT molecular complexity index is 626. The number of hydrogen-bond acceptors (Lipinski definition) is 6. The lowest BCUT2D eigenvalue weighted by Crippen LogP contribution is -2.32. The average molecular weight is 320 g/mol. The number of phenols is 1. The van der Waals surface area contributed by atoms with Gasteiger partial charge in [0, 0.05) is 18.1 Å². The van der Waals surface area contributed by atoms with Crippen molar-refractivity contribution in [2.75, 3.05) is 0 Å². The van der Waals surface area contributed by atoms with E-state index in [0.717, 1.165) is 12.1 Å². The number of nitrogens with two attached hydrogens (primary N) is 1. The van der Waals surface area contributed by atoms with Gasteiger partial charge in [-0.05, 0) is 5.56 Å². The highest BCUT2D eigenvalue weighted by molar-refractivity contribution is 7.50. The number of phenolic OH excluding ortho intramolecular Hbond substituents is 1. The molecule has 1 atom stereocenters. The Morgan fingerprint density at radius 1 is 1.43 bits per heavy atom. The van der Waals surface area contributed by atoms with Crippen molar-refractivity contribution in [3.05, 3.63) is 33.4 Å². The summed E-state index contributed by atoms with van der Waals surface area (Å²) in [7, 11) is -4.48. The van der Waals surface area contributed by atoms with E-state index in [1.54, 1.807) is 0 Å². The van der Waals surface area contributed by atoms with Crippen LogP contribution < -0.4 is 5.73 Å². The minimum absolute atomic E-state index is 0.0968. The van der Waals surface area contributed by atoms with Gasteiger partial charge in [-0.15, -0.1) is 0 Å². The molecule has 1 rings (SSSR count). The molecule has 0 unspecified atom stereocenters. The maximum absolute atomic E-state index is 11.0. The predicted molar refractivity (Wildman–Crippen MR) is 69.8 cm³/mol. The highest BCUT2D eigenvalue weighted by atomic mass is 31.2. The smallest absolute Gasteiger partial charge is 0.329 e. The monoisotopic (exact) mass is 320 g/mol. The third-order valence-corrected chi connectivity index (χ3v) is 3.35. The van der Waals surface area contributed by atoms with Crippen LogP contribution in [0.25, 0.3) is 0 Å². The lowest BCUT2D eigenvalue weighted by Gasteiger charge is -2.11. The summed E-state index contributed by atoms with van der Waals surface area (Å²) in [5.41, 5.74) is 4.26. The Morgan fingerprint density at radius 3 is 2.43 bits per heavy atom. The van der Waals surface area contributed by atoms with Crippen LogP contribution in [0.15, 0.2) is 12.1 Å². The number of carboxylic acid groups (broad SMARTS) is 1. The molecule has 0 amide bonds. The molecule has 116 valence electrons. The standard InChI is InChI=1S/C10H13N2O8P/c11-7(10(14)15)3-6-1-5(4-21(18,19)20)2-8(9(6)13)12(16)17/h1-2,7,13H,3-4,11H2,(H,14,15)(H2,18,19,20)/t7-/m0/s1. The molecule has 0 radical (unpaired) electrons. The molecule has 1 aromatic carbocycles. The Kier molecular flexibility index (Phi) is 5.02. The molecule has 0 saturated heterocycles. The summed E-state index contributed by atoms with van der Waals surface area (Å²) in [5, 5.41) is 29.2. The minimum atomic E-state index is -4.48. The minimum Gasteiger partial charge on any atom is -0.502 e. The van der Waals surface area contributed by atoms with Crippen LogP contribution in [0.2, 0.25) is 0 Å². The Labute approximate surface area is 118 Å². The van der Waals surface area contributed by atoms with Crippen molar-refractivity contribution >= 4 is 19.3 Å². The first-order valence-corrected chi connectivity index (χ1v) is 7.33. The molecular weight excluding hydrogens is 307 g/mol. The maximum Gasteiger partial charge on any atom is 0.329 e. The van der Waals surface area contributed by atoms with Crippen LogP contribution in [0.1, 0.15) is 11.1 Å². The molecule has 0 saturated carbocycles. The number of carbonyl (C=O) groups is 1. The fraction of sp³-hybridized carbons (Fsp3) is 0.300. The summed E-state index contributed by atoms with van der Waals surface area (Å²) in [6.45, 7) is 0. The van der Waals surface area contributed by atoms with Crippen molar-refractivity contribution in [3.63, 3.8) is 0 Å².